The first kappa shape index (κ1) is 14.0. The van der Waals surface area contributed by atoms with Crippen LogP contribution in [0.15, 0.2) is 17.5 Å². The number of nitrogens with one attached hydrogen (secondary N) is 1. The fourth-order valence-corrected chi connectivity index (χ4v) is 3.17. The second kappa shape index (κ2) is 5.27. The molecule has 1 aliphatic rings. The highest BCUT2D eigenvalue weighted by Gasteiger charge is 2.20. The lowest BCUT2D eigenvalue weighted by atomic mass is 9.98. The maximum Gasteiger partial charge on any atom is 0.182 e. The lowest BCUT2D eigenvalue weighted by Crippen LogP contribution is -2.20. The van der Waals surface area contributed by atoms with Gasteiger partial charge in [0.25, 0.3) is 0 Å². The Morgan fingerprint density at radius 1 is 1.21 bits per heavy atom. The van der Waals surface area contributed by atoms with Crippen LogP contribution >= 0.6 is 23.7 Å². The quantitative estimate of drug-likeness (QED) is 0.926. The maximum atomic E-state index is 7.87. The first-order chi connectivity index (χ1) is 8.74. The summed E-state index contributed by atoms with van der Waals surface area (Å²) in [6.07, 6.45) is 0.927. The summed E-state index contributed by atoms with van der Waals surface area (Å²) in [5, 5.41) is 9.91. The van der Waals surface area contributed by atoms with Gasteiger partial charge < -0.3 is 14.0 Å². The van der Waals surface area contributed by atoms with Crippen LogP contribution in [-0.2, 0) is 13.0 Å². The number of halogens is 1. The van der Waals surface area contributed by atoms with Crippen molar-refractivity contribution in [3.05, 3.63) is 27.9 Å². The third kappa shape index (κ3) is 2.13. The number of thiazole rings is 1. The molecular weight excluding hydrogens is 284 g/mol. The molecule has 0 unspecified atom stereocenters. The fraction of sp³-hybridized carbons (Fsp3) is 0.308. The van der Waals surface area contributed by atoms with Gasteiger partial charge in [0.1, 0.15) is 0 Å². The first-order valence-corrected chi connectivity index (χ1v) is 6.60. The van der Waals surface area contributed by atoms with Gasteiger partial charge >= 0.3 is 0 Å². The Kier molecular flexibility index (Phi) is 3.87. The molecule has 0 radical (unpaired) electrons. The highest BCUT2D eigenvalue weighted by atomic mass is 35.5. The van der Waals surface area contributed by atoms with Crippen LogP contribution in [-0.4, -0.2) is 18.8 Å². The van der Waals surface area contributed by atoms with E-state index < -0.39 is 0 Å². The third-order valence-electron chi connectivity index (χ3n) is 3.31. The van der Waals surface area contributed by atoms with Crippen LogP contribution in [0, 0.1) is 5.41 Å². The van der Waals surface area contributed by atoms with Gasteiger partial charge in [-0.05, 0) is 24.1 Å². The molecule has 2 heterocycles. The average Bonchev–Trinajstić information content (AvgIpc) is 2.79. The molecule has 1 aromatic carbocycles. The van der Waals surface area contributed by atoms with Crippen molar-refractivity contribution >= 4 is 23.7 Å². The molecule has 4 nitrogen and oxygen atoms in total. The van der Waals surface area contributed by atoms with E-state index in [1.807, 2.05) is 22.1 Å². The van der Waals surface area contributed by atoms with Gasteiger partial charge in [-0.15, -0.1) is 23.7 Å². The second-order valence-corrected chi connectivity index (χ2v) is 5.05. The van der Waals surface area contributed by atoms with E-state index >= 15 is 0 Å². The summed E-state index contributed by atoms with van der Waals surface area (Å²) in [5.41, 5.74) is 3.51. The molecule has 0 saturated carbocycles. The maximum absolute atomic E-state index is 7.87. The first-order valence-electron chi connectivity index (χ1n) is 5.72. The molecule has 0 amide bonds. The minimum absolute atomic E-state index is 0. The second-order valence-electron chi connectivity index (χ2n) is 4.19. The summed E-state index contributed by atoms with van der Waals surface area (Å²) in [5.74, 6) is 1.51. The van der Waals surface area contributed by atoms with E-state index in [1.165, 1.54) is 16.9 Å². The van der Waals surface area contributed by atoms with Crippen molar-refractivity contribution in [2.24, 2.45) is 0 Å². The number of fused-ring (bicyclic) bond motifs is 3. The number of ether oxygens (including phenoxy) is 2. The molecule has 0 saturated heterocycles. The van der Waals surface area contributed by atoms with Crippen molar-refractivity contribution < 1.29 is 9.47 Å². The number of rotatable bonds is 2. The Morgan fingerprint density at radius 3 is 2.58 bits per heavy atom. The highest BCUT2D eigenvalue weighted by molar-refractivity contribution is 7.07. The molecule has 0 fully saturated rings. The van der Waals surface area contributed by atoms with Crippen LogP contribution in [0.3, 0.4) is 0 Å². The SMILES string of the molecule is COc1cc2c(cc1OC)-c1csc(=N)n1CC2.Cl. The molecular formula is C13H15ClN2O2S. The monoisotopic (exact) mass is 298 g/mol. The van der Waals surface area contributed by atoms with Gasteiger partial charge in [0.15, 0.2) is 16.3 Å². The Hall–Kier alpha value is -1.46. The molecule has 6 heteroatoms. The molecule has 1 aliphatic heterocycles. The van der Waals surface area contributed by atoms with Gasteiger partial charge in [0.2, 0.25) is 0 Å². The van der Waals surface area contributed by atoms with E-state index in [0.29, 0.717) is 4.80 Å². The smallest absolute Gasteiger partial charge is 0.182 e. The third-order valence-corrected chi connectivity index (χ3v) is 4.09. The largest absolute Gasteiger partial charge is 0.493 e. The van der Waals surface area contributed by atoms with Crippen LogP contribution in [0.2, 0.25) is 0 Å². The minimum Gasteiger partial charge on any atom is -0.493 e. The van der Waals surface area contributed by atoms with Crippen molar-refractivity contribution in [3.63, 3.8) is 0 Å². The zero-order chi connectivity index (χ0) is 12.7. The molecule has 102 valence electrons. The predicted octanol–water partition coefficient (Wildman–Crippen LogP) is 2.69. The minimum atomic E-state index is 0. The normalized spacial score (nSPS) is 12.1. The number of hydrogen-bond donors (Lipinski definition) is 1. The summed E-state index contributed by atoms with van der Waals surface area (Å²) >= 11 is 1.46. The molecule has 0 bridgehead atoms. The van der Waals surface area contributed by atoms with Crippen molar-refractivity contribution in [2.45, 2.75) is 13.0 Å². The van der Waals surface area contributed by atoms with E-state index in [-0.39, 0.29) is 12.4 Å². The number of nitrogens with zero attached hydrogens (tertiary/aromatic N) is 1. The van der Waals surface area contributed by atoms with Crippen LogP contribution < -0.4 is 14.3 Å². The lowest BCUT2D eigenvalue weighted by molar-refractivity contribution is 0.354. The Balaban J connectivity index is 0.00000133. The number of benzene rings is 1. The fourth-order valence-electron chi connectivity index (χ4n) is 2.38. The van der Waals surface area contributed by atoms with E-state index in [0.717, 1.165) is 35.7 Å². The van der Waals surface area contributed by atoms with Gasteiger partial charge in [-0.2, -0.15) is 0 Å². The van der Waals surface area contributed by atoms with Crippen LogP contribution in [0.4, 0.5) is 0 Å². The predicted molar refractivity (Wildman–Crippen MR) is 77.7 cm³/mol. The summed E-state index contributed by atoms with van der Waals surface area (Å²) in [6, 6.07) is 4.05. The zero-order valence-electron chi connectivity index (χ0n) is 10.7. The van der Waals surface area contributed by atoms with E-state index in [9.17, 15) is 0 Å². The number of aromatic nitrogens is 1. The molecule has 19 heavy (non-hydrogen) atoms. The Morgan fingerprint density at radius 2 is 1.89 bits per heavy atom. The molecule has 0 aliphatic carbocycles. The molecule has 2 aromatic rings. The van der Waals surface area contributed by atoms with Crippen molar-refractivity contribution in [1.82, 2.24) is 4.57 Å². The van der Waals surface area contributed by atoms with Gasteiger partial charge in [0, 0.05) is 17.5 Å². The van der Waals surface area contributed by atoms with Crippen molar-refractivity contribution in [3.8, 4) is 22.8 Å². The summed E-state index contributed by atoms with van der Waals surface area (Å²) in [7, 11) is 3.30. The number of hydrogen-bond acceptors (Lipinski definition) is 4. The topological polar surface area (TPSA) is 47.2 Å². The standard InChI is InChI=1S/C13H14N2O2S.ClH/c1-16-11-5-8-3-4-15-10(7-18-13(15)14)9(8)6-12(11)17-2;/h5-7,14H,3-4H2,1-2H3;1H. The van der Waals surface area contributed by atoms with Gasteiger partial charge in [-0.25, -0.2) is 0 Å². The molecule has 1 N–H and O–H groups in total. The van der Waals surface area contributed by atoms with Crippen molar-refractivity contribution in [2.75, 3.05) is 14.2 Å². The molecule has 0 spiro atoms. The van der Waals surface area contributed by atoms with Crippen molar-refractivity contribution in [1.29, 1.82) is 5.41 Å². The summed E-state index contributed by atoms with van der Waals surface area (Å²) < 4.78 is 12.7. The van der Waals surface area contributed by atoms with Gasteiger partial charge in [-0.1, -0.05) is 0 Å². The van der Waals surface area contributed by atoms with E-state index in [1.54, 1.807) is 14.2 Å². The highest BCUT2D eigenvalue weighted by Crippen LogP contribution is 2.38. The number of aryl methyl sites for hydroxylation is 1. The number of methoxy groups -OCH3 is 2. The lowest BCUT2D eigenvalue weighted by Gasteiger charge is -2.20. The van der Waals surface area contributed by atoms with Crippen LogP contribution in [0.5, 0.6) is 11.5 Å². The summed E-state index contributed by atoms with van der Waals surface area (Å²) in [6.45, 7) is 0.861. The molecule has 1 aromatic heterocycles. The van der Waals surface area contributed by atoms with Gasteiger partial charge in [0.05, 0.1) is 19.9 Å². The van der Waals surface area contributed by atoms with E-state index in [4.69, 9.17) is 14.9 Å². The van der Waals surface area contributed by atoms with Crippen LogP contribution in [0.1, 0.15) is 5.56 Å². The average molecular weight is 299 g/mol. The van der Waals surface area contributed by atoms with E-state index in [2.05, 4.69) is 0 Å². The summed E-state index contributed by atoms with van der Waals surface area (Å²) in [4.78, 5) is 0.602. The van der Waals surface area contributed by atoms with Crippen LogP contribution in [0.25, 0.3) is 11.3 Å². The van der Waals surface area contributed by atoms with Gasteiger partial charge in [-0.3, -0.25) is 5.41 Å². The Labute approximate surface area is 121 Å². The molecule has 3 rings (SSSR count). The zero-order valence-corrected chi connectivity index (χ0v) is 12.4. The Bertz CT molecular complexity index is 663. The molecule has 0 atom stereocenters.